The smallest absolute Gasteiger partial charge is 0.0768 e. The van der Waals surface area contributed by atoms with Gasteiger partial charge in [0.05, 0.1) is 32.7 Å². The van der Waals surface area contributed by atoms with Gasteiger partial charge in [0, 0.05) is 6.54 Å². The summed E-state index contributed by atoms with van der Waals surface area (Å²) in [7, 11) is 4.16. The molecule has 2 aromatic rings. The van der Waals surface area contributed by atoms with Gasteiger partial charge in [-0.15, -0.1) is 11.3 Å². The van der Waals surface area contributed by atoms with Crippen molar-refractivity contribution in [2.24, 2.45) is 0 Å². The lowest BCUT2D eigenvalue weighted by Gasteiger charge is -2.20. The molecule has 21 heavy (non-hydrogen) atoms. The summed E-state index contributed by atoms with van der Waals surface area (Å²) in [5.74, 6) is 0. The van der Waals surface area contributed by atoms with E-state index >= 15 is 0 Å². The number of hydrogen-bond donors (Lipinski definition) is 1. The number of halogens is 2. The highest BCUT2D eigenvalue weighted by molar-refractivity contribution is 9.11. The second-order valence-electron chi connectivity index (χ2n) is 5.08. The lowest BCUT2D eigenvalue weighted by atomic mass is 10.1. The number of hydrogen-bond acceptors (Lipinski definition) is 4. The zero-order chi connectivity index (χ0) is 15.4. The standard InChI is InChI=1S/C14H20Br2N4S/c1-4-17-13(10-7-12(16)21-9-10)14-11(15)8-18-20(14)6-5-19(2)3/h7-9,13,17H,4-6H2,1-3H3. The van der Waals surface area contributed by atoms with E-state index in [1.807, 2.05) is 6.20 Å². The fourth-order valence-electron chi connectivity index (χ4n) is 2.18. The third-order valence-electron chi connectivity index (χ3n) is 3.20. The van der Waals surface area contributed by atoms with Gasteiger partial charge in [0.1, 0.15) is 0 Å². The molecule has 1 unspecified atom stereocenters. The van der Waals surface area contributed by atoms with Gasteiger partial charge in [0.15, 0.2) is 0 Å². The zero-order valence-corrected chi connectivity index (χ0v) is 16.4. The van der Waals surface area contributed by atoms with Crippen molar-refractivity contribution in [3.63, 3.8) is 0 Å². The molecule has 0 fully saturated rings. The summed E-state index contributed by atoms with van der Waals surface area (Å²) in [5.41, 5.74) is 2.45. The predicted molar refractivity (Wildman–Crippen MR) is 96.0 cm³/mol. The maximum atomic E-state index is 4.52. The van der Waals surface area contributed by atoms with Gasteiger partial charge in [-0.2, -0.15) is 5.10 Å². The highest BCUT2D eigenvalue weighted by atomic mass is 79.9. The number of nitrogens with one attached hydrogen (secondary N) is 1. The summed E-state index contributed by atoms with van der Waals surface area (Å²) >= 11 is 8.91. The number of rotatable bonds is 7. The molecule has 0 aromatic carbocycles. The highest BCUT2D eigenvalue weighted by Gasteiger charge is 2.22. The Morgan fingerprint density at radius 2 is 2.19 bits per heavy atom. The molecular formula is C14H20Br2N4S. The first-order valence-corrected chi connectivity index (χ1v) is 9.32. The molecule has 0 bridgehead atoms. The van der Waals surface area contributed by atoms with Crippen molar-refractivity contribution >= 4 is 43.2 Å². The number of likely N-dealkylation sites (N-methyl/N-ethyl adjacent to an activating group) is 1. The third-order valence-corrected chi connectivity index (χ3v) is 5.33. The van der Waals surface area contributed by atoms with Crippen molar-refractivity contribution in [1.29, 1.82) is 0 Å². The van der Waals surface area contributed by atoms with Crippen LogP contribution in [0.5, 0.6) is 0 Å². The molecule has 0 aliphatic carbocycles. The van der Waals surface area contributed by atoms with Gasteiger partial charge < -0.3 is 10.2 Å². The molecule has 1 N–H and O–H groups in total. The molecule has 0 aliphatic heterocycles. The fraction of sp³-hybridized carbons (Fsp3) is 0.500. The zero-order valence-electron chi connectivity index (χ0n) is 12.4. The Hall–Kier alpha value is -0.210. The van der Waals surface area contributed by atoms with Crippen LogP contribution in [0.3, 0.4) is 0 Å². The number of nitrogens with zero attached hydrogens (tertiary/aromatic N) is 3. The molecule has 0 radical (unpaired) electrons. The summed E-state index contributed by atoms with van der Waals surface area (Å²) in [6.45, 7) is 4.88. The first-order valence-electron chi connectivity index (χ1n) is 6.86. The molecule has 2 aromatic heterocycles. The van der Waals surface area contributed by atoms with Crippen LogP contribution >= 0.6 is 43.2 Å². The van der Waals surface area contributed by atoms with E-state index in [0.29, 0.717) is 0 Å². The van der Waals surface area contributed by atoms with Crippen LogP contribution in [0.25, 0.3) is 0 Å². The summed E-state index contributed by atoms with van der Waals surface area (Å²) in [4.78, 5) is 2.17. The first kappa shape index (κ1) is 17.1. The minimum absolute atomic E-state index is 0.150. The van der Waals surface area contributed by atoms with Gasteiger partial charge in [-0.3, -0.25) is 4.68 Å². The van der Waals surface area contributed by atoms with E-state index in [-0.39, 0.29) is 6.04 Å². The van der Waals surface area contributed by atoms with Crippen LogP contribution in [0.2, 0.25) is 0 Å². The molecule has 1 atom stereocenters. The minimum Gasteiger partial charge on any atom is -0.308 e. The van der Waals surface area contributed by atoms with E-state index in [1.165, 1.54) is 11.3 Å². The molecule has 0 saturated heterocycles. The van der Waals surface area contributed by atoms with E-state index in [4.69, 9.17) is 0 Å². The van der Waals surface area contributed by atoms with Crippen LogP contribution in [0.1, 0.15) is 24.2 Å². The molecular weight excluding hydrogens is 416 g/mol. The second kappa shape index (κ2) is 7.87. The van der Waals surface area contributed by atoms with Gasteiger partial charge in [-0.25, -0.2) is 0 Å². The third kappa shape index (κ3) is 4.39. The molecule has 0 aliphatic rings. The van der Waals surface area contributed by atoms with Gasteiger partial charge in [-0.05, 0) is 69.5 Å². The maximum absolute atomic E-state index is 4.52. The van der Waals surface area contributed by atoms with E-state index in [2.05, 4.69) is 84.3 Å². The van der Waals surface area contributed by atoms with E-state index in [1.54, 1.807) is 11.3 Å². The number of thiophene rings is 1. The van der Waals surface area contributed by atoms with Crippen molar-refractivity contribution < 1.29 is 0 Å². The van der Waals surface area contributed by atoms with E-state index < -0.39 is 0 Å². The van der Waals surface area contributed by atoms with Crippen LogP contribution in [0, 0.1) is 0 Å². The Morgan fingerprint density at radius 3 is 2.76 bits per heavy atom. The lowest BCUT2D eigenvalue weighted by molar-refractivity contribution is 0.365. The van der Waals surface area contributed by atoms with Crippen molar-refractivity contribution in [3.8, 4) is 0 Å². The molecule has 0 saturated carbocycles. The SMILES string of the molecule is CCNC(c1csc(Br)c1)c1c(Br)cnn1CCN(C)C. The fourth-order valence-corrected chi connectivity index (χ4v) is 3.91. The van der Waals surface area contributed by atoms with Crippen LogP contribution < -0.4 is 5.32 Å². The molecule has 116 valence electrons. The average molecular weight is 436 g/mol. The summed E-state index contributed by atoms with van der Waals surface area (Å²) in [6.07, 6.45) is 1.89. The highest BCUT2D eigenvalue weighted by Crippen LogP contribution is 2.32. The predicted octanol–water partition coefficient (Wildman–Crippen LogP) is 3.73. The van der Waals surface area contributed by atoms with Crippen molar-refractivity contribution in [2.75, 3.05) is 27.2 Å². The maximum Gasteiger partial charge on any atom is 0.0768 e. The summed E-state index contributed by atoms with van der Waals surface area (Å²) in [5, 5.41) is 10.3. The molecule has 2 rings (SSSR count). The van der Waals surface area contributed by atoms with Crippen LogP contribution in [-0.2, 0) is 6.54 Å². The van der Waals surface area contributed by atoms with Gasteiger partial charge >= 0.3 is 0 Å². The first-order chi connectivity index (χ1) is 10.0. The van der Waals surface area contributed by atoms with Gasteiger partial charge in [-0.1, -0.05) is 6.92 Å². The number of aromatic nitrogens is 2. The summed E-state index contributed by atoms with van der Waals surface area (Å²) in [6, 6.07) is 2.32. The Labute approximate surface area is 146 Å². The molecule has 7 heteroatoms. The Morgan fingerprint density at radius 1 is 1.43 bits per heavy atom. The normalized spacial score (nSPS) is 13.0. The van der Waals surface area contributed by atoms with Crippen LogP contribution in [0.4, 0.5) is 0 Å². The molecule has 2 heterocycles. The monoisotopic (exact) mass is 434 g/mol. The Balaban J connectivity index is 2.33. The Bertz CT molecular complexity index is 579. The Kier molecular flexibility index (Phi) is 6.43. The van der Waals surface area contributed by atoms with Crippen molar-refractivity contribution in [2.45, 2.75) is 19.5 Å². The second-order valence-corrected chi connectivity index (χ2v) is 8.22. The summed E-state index contributed by atoms with van der Waals surface area (Å²) < 4.78 is 4.29. The van der Waals surface area contributed by atoms with Crippen LogP contribution in [-0.4, -0.2) is 41.9 Å². The minimum atomic E-state index is 0.150. The molecule has 4 nitrogen and oxygen atoms in total. The lowest BCUT2D eigenvalue weighted by Crippen LogP contribution is -2.27. The van der Waals surface area contributed by atoms with E-state index in [0.717, 1.165) is 27.9 Å². The van der Waals surface area contributed by atoms with Crippen molar-refractivity contribution in [3.05, 3.63) is 37.2 Å². The molecule has 0 amide bonds. The quantitative estimate of drug-likeness (QED) is 0.719. The van der Waals surface area contributed by atoms with Gasteiger partial charge in [0.2, 0.25) is 0 Å². The molecule has 0 spiro atoms. The topological polar surface area (TPSA) is 33.1 Å². The van der Waals surface area contributed by atoms with Crippen LogP contribution in [0.15, 0.2) is 25.9 Å². The van der Waals surface area contributed by atoms with E-state index in [9.17, 15) is 0 Å². The van der Waals surface area contributed by atoms with Crippen molar-refractivity contribution in [1.82, 2.24) is 20.0 Å². The average Bonchev–Trinajstić information content (AvgIpc) is 3.00. The van der Waals surface area contributed by atoms with Gasteiger partial charge in [0.25, 0.3) is 0 Å². The largest absolute Gasteiger partial charge is 0.308 e.